The molecular formula is C19H20ClN3O3. The van der Waals surface area contributed by atoms with Crippen LogP contribution in [0.4, 0.5) is 0 Å². The molecule has 1 aromatic heterocycles. The molecule has 1 aromatic carbocycles. The fourth-order valence-electron chi connectivity index (χ4n) is 3.06. The van der Waals surface area contributed by atoms with Crippen LogP contribution in [0.1, 0.15) is 40.3 Å². The minimum atomic E-state index is -1.18. The zero-order valence-corrected chi connectivity index (χ0v) is 15.2. The van der Waals surface area contributed by atoms with Crippen LogP contribution in [-0.2, 0) is 6.42 Å². The van der Waals surface area contributed by atoms with E-state index in [4.69, 9.17) is 16.3 Å². The first kappa shape index (κ1) is 18.3. The van der Waals surface area contributed by atoms with Gasteiger partial charge in [-0.05, 0) is 44.0 Å². The molecule has 0 spiro atoms. The van der Waals surface area contributed by atoms with Crippen molar-refractivity contribution in [2.24, 2.45) is 10.9 Å². The molecule has 0 unspecified atom stereocenters. The van der Waals surface area contributed by atoms with E-state index in [0.717, 1.165) is 30.5 Å². The van der Waals surface area contributed by atoms with Crippen LogP contribution >= 0.6 is 11.6 Å². The molecule has 26 heavy (non-hydrogen) atoms. The Morgan fingerprint density at radius 3 is 2.77 bits per heavy atom. The van der Waals surface area contributed by atoms with E-state index in [9.17, 15) is 9.90 Å². The van der Waals surface area contributed by atoms with Gasteiger partial charge in [-0.1, -0.05) is 29.8 Å². The lowest BCUT2D eigenvalue weighted by Crippen LogP contribution is -2.36. The molecule has 1 heterocycles. The smallest absolute Gasteiger partial charge is 0.374 e. The quantitative estimate of drug-likeness (QED) is 0.750. The third-order valence-corrected chi connectivity index (χ3v) is 4.92. The third kappa shape index (κ3) is 4.02. The molecule has 1 aliphatic rings. The number of hydrogen-bond donors (Lipinski definition) is 1. The van der Waals surface area contributed by atoms with Gasteiger partial charge in [-0.3, -0.25) is 0 Å². The first-order valence-corrected chi connectivity index (χ1v) is 8.79. The lowest BCUT2D eigenvalue weighted by atomic mass is 9.82. The van der Waals surface area contributed by atoms with Crippen molar-refractivity contribution in [3.63, 3.8) is 0 Å². The summed E-state index contributed by atoms with van der Waals surface area (Å²) < 4.78 is 6.02. The number of benzene rings is 1. The molecule has 1 aliphatic carbocycles. The van der Waals surface area contributed by atoms with Gasteiger partial charge in [0.05, 0.1) is 0 Å². The fourth-order valence-corrected chi connectivity index (χ4v) is 3.26. The standard InChI is InChI=1S/C19H20ClN3O3/c1-11-15(9-13-5-3-4-6-16(13)20)18(23-17(22-11)19(24)25)26-14-7-12(8-14)10-21-2/h3-6,12,14H,2,7-10H2,1H3,(H,24,25). The second-order valence-electron chi connectivity index (χ2n) is 6.47. The maximum atomic E-state index is 11.3. The molecule has 0 bridgehead atoms. The molecule has 0 aliphatic heterocycles. The first-order chi connectivity index (χ1) is 12.5. The van der Waals surface area contributed by atoms with Crippen LogP contribution in [-0.4, -0.2) is 40.4 Å². The van der Waals surface area contributed by atoms with Crippen LogP contribution in [0.25, 0.3) is 0 Å². The molecule has 7 heteroatoms. The van der Waals surface area contributed by atoms with Crippen LogP contribution in [0.2, 0.25) is 5.02 Å². The lowest BCUT2D eigenvalue weighted by molar-refractivity contribution is 0.0607. The summed E-state index contributed by atoms with van der Waals surface area (Å²) in [5, 5.41) is 9.89. The predicted molar refractivity (Wildman–Crippen MR) is 99.5 cm³/mol. The summed E-state index contributed by atoms with van der Waals surface area (Å²) in [5.74, 6) is -0.648. The second-order valence-corrected chi connectivity index (χ2v) is 6.88. The summed E-state index contributed by atoms with van der Waals surface area (Å²) in [6.45, 7) is 5.99. The zero-order valence-electron chi connectivity index (χ0n) is 14.5. The van der Waals surface area contributed by atoms with Gasteiger partial charge in [-0.2, -0.15) is 4.98 Å². The Balaban J connectivity index is 1.88. The summed E-state index contributed by atoms with van der Waals surface area (Å²) in [4.78, 5) is 23.5. The number of aromatic nitrogens is 2. The highest BCUT2D eigenvalue weighted by atomic mass is 35.5. The largest absolute Gasteiger partial charge is 0.475 e. The van der Waals surface area contributed by atoms with Crippen molar-refractivity contribution in [1.82, 2.24) is 9.97 Å². The van der Waals surface area contributed by atoms with Crippen LogP contribution in [0.5, 0.6) is 5.88 Å². The first-order valence-electron chi connectivity index (χ1n) is 8.41. The summed E-state index contributed by atoms with van der Waals surface area (Å²) in [6.07, 6.45) is 2.19. The molecule has 0 saturated heterocycles. The summed E-state index contributed by atoms with van der Waals surface area (Å²) >= 11 is 6.27. The molecule has 1 N–H and O–H groups in total. The van der Waals surface area contributed by atoms with E-state index in [2.05, 4.69) is 21.7 Å². The Kier molecular flexibility index (Phi) is 5.52. The van der Waals surface area contributed by atoms with Gasteiger partial charge in [0.25, 0.3) is 0 Å². The van der Waals surface area contributed by atoms with E-state index in [-0.39, 0.29) is 11.9 Å². The number of aliphatic imine (C=N–C) groups is 1. The molecule has 0 radical (unpaired) electrons. The SMILES string of the molecule is C=NCC1CC(Oc2nc(C(=O)O)nc(C)c2Cc2ccccc2Cl)C1. The highest BCUT2D eigenvalue weighted by molar-refractivity contribution is 6.31. The Morgan fingerprint density at radius 2 is 2.12 bits per heavy atom. The van der Waals surface area contributed by atoms with Crippen molar-refractivity contribution in [1.29, 1.82) is 0 Å². The van der Waals surface area contributed by atoms with Gasteiger partial charge in [-0.15, -0.1) is 0 Å². The third-order valence-electron chi connectivity index (χ3n) is 4.55. The number of carboxylic acids is 1. The van der Waals surface area contributed by atoms with Gasteiger partial charge in [0.1, 0.15) is 6.10 Å². The number of carbonyl (C=O) groups is 1. The maximum absolute atomic E-state index is 11.3. The maximum Gasteiger partial charge on any atom is 0.374 e. The van der Waals surface area contributed by atoms with E-state index in [1.165, 1.54) is 0 Å². The van der Waals surface area contributed by atoms with E-state index in [1.807, 2.05) is 24.3 Å². The fraction of sp³-hybridized carbons (Fsp3) is 0.368. The molecule has 2 aromatic rings. The number of nitrogens with zero attached hydrogens (tertiary/aromatic N) is 3. The number of aryl methyl sites for hydroxylation is 1. The van der Waals surface area contributed by atoms with Gasteiger partial charge in [0.2, 0.25) is 11.7 Å². The number of hydrogen-bond acceptors (Lipinski definition) is 5. The topological polar surface area (TPSA) is 84.7 Å². The van der Waals surface area contributed by atoms with Gasteiger partial charge < -0.3 is 14.8 Å². The Bertz CT molecular complexity index is 835. The number of carboxylic acid groups (broad SMARTS) is 1. The van der Waals surface area contributed by atoms with E-state index in [1.54, 1.807) is 6.92 Å². The van der Waals surface area contributed by atoms with Crippen molar-refractivity contribution in [2.75, 3.05) is 6.54 Å². The molecule has 1 saturated carbocycles. The van der Waals surface area contributed by atoms with Crippen molar-refractivity contribution in [2.45, 2.75) is 32.3 Å². The number of ether oxygens (including phenoxy) is 1. The van der Waals surface area contributed by atoms with Crippen molar-refractivity contribution >= 4 is 24.3 Å². The summed E-state index contributed by atoms with van der Waals surface area (Å²) in [5.41, 5.74) is 2.25. The Hall–Kier alpha value is -2.47. The van der Waals surface area contributed by atoms with Crippen LogP contribution in [0.3, 0.4) is 0 Å². The second kappa shape index (κ2) is 7.83. The molecule has 3 rings (SSSR count). The van der Waals surface area contributed by atoms with E-state index >= 15 is 0 Å². The highest BCUT2D eigenvalue weighted by Gasteiger charge is 2.32. The number of rotatable bonds is 7. The number of halogens is 1. The van der Waals surface area contributed by atoms with Crippen LogP contribution in [0, 0.1) is 12.8 Å². The lowest BCUT2D eigenvalue weighted by Gasteiger charge is -2.34. The minimum absolute atomic E-state index is 0.00249. The van der Waals surface area contributed by atoms with Gasteiger partial charge in [-0.25, -0.2) is 9.78 Å². The zero-order chi connectivity index (χ0) is 18.7. The Morgan fingerprint density at radius 1 is 1.38 bits per heavy atom. The normalized spacial score (nSPS) is 18.8. The van der Waals surface area contributed by atoms with Gasteiger partial charge in [0.15, 0.2) is 0 Å². The number of aromatic carboxylic acids is 1. The molecule has 0 amide bonds. The van der Waals surface area contributed by atoms with Crippen molar-refractivity contribution in [3.8, 4) is 5.88 Å². The van der Waals surface area contributed by atoms with Crippen LogP contribution in [0.15, 0.2) is 29.3 Å². The summed E-state index contributed by atoms with van der Waals surface area (Å²) in [6, 6.07) is 7.51. The Labute approximate surface area is 156 Å². The molecular weight excluding hydrogens is 354 g/mol. The highest BCUT2D eigenvalue weighted by Crippen LogP contribution is 2.33. The molecule has 0 atom stereocenters. The molecule has 136 valence electrons. The summed E-state index contributed by atoms with van der Waals surface area (Å²) in [7, 11) is 0. The predicted octanol–water partition coefficient (Wildman–Crippen LogP) is 3.59. The monoisotopic (exact) mass is 373 g/mol. The minimum Gasteiger partial charge on any atom is -0.475 e. The van der Waals surface area contributed by atoms with E-state index in [0.29, 0.717) is 28.9 Å². The van der Waals surface area contributed by atoms with Gasteiger partial charge in [0, 0.05) is 29.2 Å². The van der Waals surface area contributed by atoms with Crippen molar-refractivity contribution < 1.29 is 14.6 Å². The van der Waals surface area contributed by atoms with E-state index < -0.39 is 5.97 Å². The molecule has 1 fully saturated rings. The molecule has 6 nitrogen and oxygen atoms in total. The van der Waals surface area contributed by atoms with Crippen molar-refractivity contribution in [3.05, 3.63) is 51.9 Å². The van der Waals surface area contributed by atoms with Crippen LogP contribution < -0.4 is 4.74 Å². The average Bonchev–Trinajstić information content (AvgIpc) is 2.57. The average molecular weight is 374 g/mol. The van der Waals surface area contributed by atoms with Gasteiger partial charge >= 0.3 is 5.97 Å².